The van der Waals surface area contributed by atoms with Crippen molar-refractivity contribution in [1.29, 1.82) is 0 Å². The Labute approximate surface area is 152 Å². The Kier molecular flexibility index (Phi) is 4.32. The Morgan fingerprint density at radius 1 is 1.52 bits per heavy atom. The Bertz CT molecular complexity index is 1060. The number of pyridine rings is 1. The van der Waals surface area contributed by atoms with Crippen LogP contribution in [0.4, 0.5) is 10.2 Å². The van der Waals surface area contributed by atoms with Crippen LogP contribution in [0.25, 0.3) is 5.65 Å². The lowest BCUT2D eigenvalue weighted by Crippen LogP contribution is -2.27. The van der Waals surface area contributed by atoms with Crippen LogP contribution in [0, 0.1) is 5.82 Å². The van der Waals surface area contributed by atoms with E-state index in [1.807, 2.05) is 0 Å². The van der Waals surface area contributed by atoms with Gasteiger partial charge in [0.05, 0.1) is 25.5 Å². The molecule has 140 valence electrons. The summed E-state index contributed by atoms with van der Waals surface area (Å²) >= 11 is 0. The first kappa shape index (κ1) is 17.2. The summed E-state index contributed by atoms with van der Waals surface area (Å²) in [7, 11) is 0. The summed E-state index contributed by atoms with van der Waals surface area (Å²) in [6.45, 7) is 2.29. The molecule has 0 aromatic carbocycles. The number of rotatable bonds is 4. The molecule has 1 saturated heterocycles. The largest absolute Gasteiger partial charge is 0.462 e. The molecule has 3 aromatic rings. The second kappa shape index (κ2) is 6.80. The van der Waals surface area contributed by atoms with Crippen LogP contribution >= 0.6 is 0 Å². The normalized spacial score (nSPS) is 16.8. The number of carbonyl (C=O) groups excluding carboxylic acids is 1. The van der Waals surface area contributed by atoms with Crippen LogP contribution in [0.3, 0.4) is 0 Å². The number of anilines is 1. The van der Waals surface area contributed by atoms with Crippen molar-refractivity contribution in [2.45, 2.75) is 19.4 Å². The van der Waals surface area contributed by atoms with Crippen molar-refractivity contribution in [2.75, 3.05) is 18.3 Å². The number of hydrogen-bond acceptors (Lipinski definition) is 7. The highest BCUT2D eigenvalue weighted by Crippen LogP contribution is 2.32. The van der Waals surface area contributed by atoms with E-state index in [1.165, 1.54) is 21.8 Å². The number of halogens is 1. The van der Waals surface area contributed by atoms with Crippen LogP contribution < -0.4 is 10.6 Å². The lowest BCUT2D eigenvalue weighted by Gasteiger charge is -2.23. The monoisotopic (exact) mass is 373 g/mol. The first-order chi connectivity index (χ1) is 13.1. The van der Waals surface area contributed by atoms with Gasteiger partial charge in [0.2, 0.25) is 0 Å². The van der Waals surface area contributed by atoms with E-state index in [4.69, 9.17) is 9.57 Å². The van der Waals surface area contributed by atoms with Gasteiger partial charge in [0.15, 0.2) is 11.5 Å². The highest BCUT2D eigenvalue weighted by Gasteiger charge is 2.31. The minimum atomic E-state index is -0.541. The van der Waals surface area contributed by atoms with Crippen LogP contribution in [0.5, 0.6) is 0 Å². The summed E-state index contributed by atoms with van der Waals surface area (Å²) in [6, 6.07) is 2.32. The SMILES string of the molecule is CCOC(=O)c1cnn2ccc(N3OCCC3c3cc(F)c[nH]c3=O)nc12. The molecule has 1 unspecified atom stereocenters. The van der Waals surface area contributed by atoms with E-state index in [-0.39, 0.29) is 17.7 Å². The molecule has 1 aliphatic rings. The summed E-state index contributed by atoms with van der Waals surface area (Å²) in [5.41, 5.74) is 0.370. The van der Waals surface area contributed by atoms with Crippen LogP contribution in [0.15, 0.2) is 35.5 Å². The molecule has 0 spiro atoms. The summed E-state index contributed by atoms with van der Waals surface area (Å²) < 4.78 is 20.1. The zero-order valence-corrected chi connectivity index (χ0v) is 14.4. The molecule has 0 bridgehead atoms. The Hall–Kier alpha value is -3.27. The second-order valence-electron chi connectivity index (χ2n) is 5.90. The van der Waals surface area contributed by atoms with Crippen molar-refractivity contribution < 1.29 is 18.8 Å². The van der Waals surface area contributed by atoms with E-state index in [0.29, 0.717) is 24.5 Å². The molecule has 10 heteroatoms. The first-order valence-corrected chi connectivity index (χ1v) is 8.40. The molecular weight excluding hydrogens is 357 g/mol. The number of carbonyl (C=O) groups is 1. The Morgan fingerprint density at radius 3 is 3.19 bits per heavy atom. The van der Waals surface area contributed by atoms with Gasteiger partial charge in [-0.1, -0.05) is 0 Å². The third-order valence-electron chi connectivity index (χ3n) is 4.24. The molecule has 1 aliphatic heterocycles. The molecular formula is C17H16FN5O4. The van der Waals surface area contributed by atoms with Crippen LogP contribution in [-0.4, -0.2) is 38.8 Å². The lowest BCUT2D eigenvalue weighted by atomic mass is 10.1. The number of aromatic amines is 1. The fourth-order valence-electron chi connectivity index (χ4n) is 3.03. The number of nitrogens with one attached hydrogen (secondary N) is 1. The van der Waals surface area contributed by atoms with Gasteiger partial charge in [0.25, 0.3) is 5.56 Å². The molecule has 1 fully saturated rings. The van der Waals surface area contributed by atoms with E-state index in [1.54, 1.807) is 19.2 Å². The van der Waals surface area contributed by atoms with Crippen molar-refractivity contribution in [1.82, 2.24) is 19.6 Å². The van der Waals surface area contributed by atoms with Crippen LogP contribution in [0.2, 0.25) is 0 Å². The lowest BCUT2D eigenvalue weighted by molar-refractivity contribution is 0.0528. The maximum atomic E-state index is 13.6. The molecule has 0 amide bonds. The van der Waals surface area contributed by atoms with Crippen molar-refractivity contribution in [3.05, 3.63) is 58.0 Å². The number of hydrogen-bond donors (Lipinski definition) is 1. The van der Waals surface area contributed by atoms with E-state index >= 15 is 0 Å². The predicted molar refractivity (Wildman–Crippen MR) is 91.8 cm³/mol. The molecule has 4 rings (SSSR count). The zero-order chi connectivity index (χ0) is 19.0. The molecule has 1 atom stereocenters. The van der Waals surface area contributed by atoms with Crippen molar-refractivity contribution in [2.24, 2.45) is 0 Å². The number of H-pyrrole nitrogens is 1. The van der Waals surface area contributed by atoms with E-state index in [2.05, 4.69) is 15.1 Å². The van der Waals surface area contributed by atoms with Gasteiger partial charge >= 0.3 is 5.97 Å². The number of nitrogens with zero attached hydrogens (tertiary/aromatic N) is 4. The number of hydroxylamine groups is 1. The van der Waals surface area contributed by atoms with Gasteiger partial charge in [-0.15, -0.1) is 0 Å². The van der Waals surface area contributed by atoms with Crippen molar-refractivity contribution >= 4 is 17.4 Å². The van der Waals surface area contributed by atoms with Gasteiger partial charge in [-0.2, -0.15) is 5.10 Å². The maximum Gasteiger partial charge on any atom is 0.343 e. The molecule has 9 nitrogen and oxygen atoms in total. The van der Waals surface area contributed by atoms with Crippen molar-refractivity contribution in [3.8, 4) is 0 Å². The van der Waals surface area contributed by atoms with Gasteiger partial charge < -0.3 is 9.72 Å². The van der Waals surface area contributed by atoms with E-state index in [9.17, 15) is 14.0 Å². The van der Waals surface area contributed by atoms with Crippen LogP contribution in [-0.2, 0) is 9.57 Å². The predicted octanol–water partition coefficient (Wildman–Crippen LogP) is 1.62. The number of ether oxygens (including phenoxy) is 1. The van der Waals surface area contributed by atoms with Gasteiger partial charge in [0, 0.05) is 30.4 Å². The van der Waals surface area contributed by atoms with E-state index in [0.717, 1.165) is 6.20 Å². The standard InChI is InChI=1S/C17H16FN5O4/c1-2-26-17(25)12-9-20-22-5-3-14(21-15(12)22)23-13(4-6-27-23)11-7-10(18)8-19-16(11)24/h3,5,7-9,13H,2,4,6H2,1H3,(H,19,24). The van der Waals surface area contributed by atoms with E-state index < -0.39 is 23.4 Å². The highest BCUT2D eigenvalue weighted by molar-refractivity contribution is 5.95. The van der Waals surface area contributed by atoms with Gasteiger partial charge in [-0.25, -0.2) is 23.7 Å². The molecule has 27 heavy (non-hydrogen) atoms. The fraction of sp³-hybridized carbons (Fsp3) is 0.294. The average molecular weight is 373 g/mol. The molecule has 1 N–H and O–H groups in total. The Balaban J connectivity index is 1.74. The minimum absolute atomic E-state index is 0.220. The topological polar surface area (TPSA) is 102 Å². The number of fused-ring (bicyclic) bond motifs is 1. The number of esters is 1. The quantitative estimate of drug-likeness (QED) is 0.693. The molecule has 0 aliphatic carbocycles. The minimum Gasteiger partial charge on any atom is -0.462 e. The maximum absolute atomic E-state index is 13.6. The van der Waals surface area contributed by atoms with Crippen LogP contribution in [0.1, 0.15) is 35.3 Å². The molecule has 4 heterocycles. The fourth-order valence-corrected chi connectivity index (χ4v) is 3.03. The second-order valence-corrected chi connectivity index (χ2v) is 5.90. The summed E-state index contributed by atoms with van der Waals surface area (Å²) in [5.74, 6) is -0.697. The third-order valence-corrected chi connectivity index (χ3v) is 4.24. The summed E-state index contributed by atoms with van der Waals surface area (Å²) in [5, 5.41) is 5.53. The third kappa shape index (κ3) is 3.04. The average Bonchev–Trinajstić information content (AvgIpc) is 3.30. The first-order valence-electron chi connectivity index (χ1n) is 8.40. The zero-order valence-electron chi connectivity index (χ0n) is 14.4. The Morgan fingerprint density at radius 2 is 2.37 bits per heavy atom. The smallest absolute Gasteiger partial charge is 0.343 e. The van der Waals surface area contributed by atoms with Gasteiger partial charge in [-0.3, -0.25) is 9.63 Å². The van der Waals surface area contributed by atoms with Gasteiger partial charge in [0.1, 0.15) is 11.4 Å². The van der Waals surface area contributed by atoms with Crippen molar-refractivity contribution in [3.63, 3.8) is 0 Å². The highest BCUT2D eigenvalue weighted by atomic mass is 19.1. The summed E-state index contributed by atoms with van der Waals surface area (Å²) in [4.78, 5) is 36.6. The summed E-state index contributed by atoms with van der Waals surface area (Å²) in [6.07, 6.45) is 4.50. The molecule has 3 aromatic heterocycles. The number of aromatic nitrogens is 4. The molecule has 0 radical (unpaired) electrons. The van der Waals surface area contributed by atoms with Gasteiger partial charge in [-0.05, 0) is 13.0 Å². The molecule has 0 saturated carbocycles.